The summed E-state index contributed by atoms with van der Waals surface area (Å²) in [6, 6.07) is 18.6. The van der Waals surface area contributed by atoms with Crippen molar-refractivity contribution in [3.63, 3.8) is 0 Å². The molecule has 7 rings (SSSR count). The van der Waals surface area contributed by atoms with Crippen molar-refractivity contribution >= 4 is 28.6 Å². The molecule has 3 aromatic carbocycles. The Morgan fingerprint density at radius 3 is 2.11 bits per heavy atom. The summed E-state index contributed by atoms with van der Waals surface area (Å²) in [5.74, 6) is 0.562. The molecule has 1 saturated heterocycles. The zero-order valence-corrected chi connectivity index (χ0v) is 31.3. The van der Waals surface area contributed by atoms with Gasteiger partial charge in [0.25, 0.3) is 0 Å². The van der Waals surface area contributed by atoms with Gasteiger partial charge in [0, 0.05) is 48.4 Å². The number of Topliss-reactive ketones (excluding diaryl/α,β-unsaturated/α-hetero) is 1. The molecule has 12 nitrogen and oxygen atoms in total. The van der Waals surface area contributed by atoms with E-state index in [4.69, 9.17) is 33.2 Å². The van der Waals surface area contributed by atoms with Gasteiger partial charge in [-0.1, -0.05) is 30.3 Å². The molecule has 0 unspecified atom stereocenters. The third kappa shape index (κ3) is 7.43. The number of fused-ring (bicyclic) bond motifs is 6. The fraction of sp³-hybridized carbons (Fsp3) is 0.439. The number of nitrogens with zero attached hydrogens (tertiary/aromatic N) is 1. The number of hydrogen-bond donors (Lipinski definition) is 1. The van der Waals surface area contributed by atoms with Gasteiger partial charge in [-0.25, -0.2) is 4.79 Å². The second-order valence-corrected chi connectivity index (χ2v) is 13.6. The minimum absolute atomic E-state index is 0.0170. The maximum atomic E-state index is 13.5. The van der Waals surface area contributed by atoms with Crippen molar-refractivity contribution in [1.82, 2.24) is 9.88 Å². The molecule has 6 atom stereocenters. The summed E-state index contributed by atoms with van der Waals surface area (Å²) >= 11 is 0. The molecule has 1 aromatic heterocycles. The summed E-state index contributed by atoms with van der Waals surface area (Å²) in [5, 5.41) is 1.21. The molecule has 3 aliphatic rings. The molecule has 0 amide bonds. The number of esters is 2. The second kappa shape index (κ2) is 16.3. The minimum Gasteiger partial charge on any atom is -0.497 e. The fourth-order valence-electron chi connectivity index (χ4n) is 8.43. The normalized spacial score (nSPS) is 23.2. The molecule has 4 aromatic rings. The molecule has 2 fully saturated rings. The van der Waals surface area contributed by atoms with Crippen LogP contribution in [0.5, 0.6) is 23.0 Å². The molecule has 0 spiro atoms. The average molecular weight is 729 g/mol. The summed E-state index contributed by atoms with van der Waals surface area (Å²) < 4.78 is 39.1. The van der Waals surface area contributed by atoms with Gasteiger partial charge in [-0.15, -0.1) is 0 Å². The highest BCUT2D eigenvalue weighted by atomic mass is 16.6. The van der Waals surface area contributed by atoms with E-state index < -0.39 is 24.1 Å². The molecule has 1 N–H and O–H groups in total. The van der Waals surface area contributed by atoms with Gasteiger partial charge in [-0.05, 0) is 67.9 Å². The molecule has 0 bridgehead atoms. The number of rotatable bonds is 9. The van der Waals surface area contributed by atoms with Crippen LogP contribution in [-0.4, -0.2) is 95.6 Å². The van der Waals surface area contributed by atoms with Crippen LogP contribution in [0.25, 0.3) is 10.9 Å². The van der Waals surface area contributed by atoms with E-state index in [2.05, 4.69) is 16.0 Å². The van der Waals surface area contributed by atoms with E-state index in [-0.39, 0.29) is 35.2 Å². The van der Waals surface area contributed by atoms with Gasteiger partial charge in [0.05, 0.1) is 53.1 Å². The number of carbonyl (C=O) groups excluding carboxylic acids is 3. The number of ether oxygens (including phenoxy) is 7. The van der Waals surface area contributed by atoms with E-state index >= 15 is 0 Å². The highest BCUT2D eigenvalue weighted by Crippen LogP contribution is 2.51. The van der Waals surface area contributed by atoms with E-state index in [1.165, 1.54) is 45.1 Å². The summed E-state index contributed by atoms with van der Waals surface area (Å²) in [6.07, 6.45) is 0.920. The first kappa shape index (κ1) is 37.7. The molecular weight excluding hydrogens is 680 g/mol. The van der Waals surface area contributed by atoms with Crippen molar-refractivity contribution in [2.24, 2.45) is 17.8 Å². The van der Waals surface area contributed by atoms with Crippen molar-refractivity contribution in [2.45, 2.75) is 44.4 Å². The van der Waals surface area contributed by atoms with Crippen LogP contribution >= 0.6 is 0 Å². The van der Waals surface area contributed by atoms with E-state index in [0.29, 0.717) is 23.7 Å². The predicted octanol–water partition coefficient (Wildman–Crippen LogP) is 6.06. The van der Waals surface area contributed by atoms with E-state index in [1.807, 2.05) is 42.5 Å². The Bertz CT molecular complexity index is 1920. The zero-order chi connectivity index (χ0) is 37.8. The van der Waals surface area contributed by atoms with Crippen molar-refractivity contribution in [3.8, 4) is 23.0 Å². The predicted molar refractivity (Wildman–Crippen MR) is 197 cm³/mol. The van der Waals surface area contributed by atoms with Gasteiger partial charge in [-0.3, -0.25) is 14.5 Å². The van der Waals surface area contributed by atoms with Crippen LogP contribution in [0.4, 0.5) is 0 Å². The van der Waals surface area contributed by atoms with Crippen LogP contribution in [0, 0.1) is 17.8 Å². The minimum atomic E-state index is -0.670. The molecule has 2 aliphatic heterocycles. The van der Waals surface area contributed by atoms with Gasteiger partial charge in [0.1, 0.15) is 18.0 Å². The van der Waals surface area contributed by atoms with E-state index in [1.54, 1.807) is 33.3 Å². The number of nitrogens with one attached hydrogen (secondary N) is 1. The summed E-state index contributed by atoms with van der Waals surface area (Å²) in [4.78, 5) is 43.8. The van der Waals surface area contributed by atoms with Gasteiger partial charge in [0.2, 0.25) is 5.75 Å². The Balaban J connectivity index is 0.000000468. The van der Waals surface area contributed by atoms with E-state index in [0.717, 1.165) is 42.8 Å². The number of methoxy groups -OCH3 is 6. The summed E-state index contributed by atoms with van der Waals surface area (Å²) in [5.41, 5.74) is 4.60. The van der Waals surface area contributed by atoms with Gasteiger partial charge in [0.15, 0.2) is 17.3 Å². The SMILES string of the molecule is CC(=O)c1ccccc1.COC(=O)[C@H]1[C@H]2C[C@@H]3c4[nH]c5cc(OC)ccc5c4CCN3C[C@H]2C[C@@H](OC(=O)c2cc(OC)c(OC)c(OC)c2)[C@@H]1OC. The van der Waals surface area contributed by atoms with Crippen LogP contribution < -0.4 is 18.9 Å². The smallest absolute Gasteiger partial charge is 0.338 e. The lowest BCUT2D eigenvalue weighted by Crippen LogP contribution is -2.58. The maximum absolute atomic E-state index is 13.5. The number of hydrogen-bond acceptors (Lipinski definition) is 11. The molecule has 282 valence electrons. The topological polar surface area (TPSA) is 135 Å². The Morgan fingerprint density at radius 2 is 1.53 bits per heavy atom. The molecule has 3 heterocycles. The molecular formula is C41H48N2O10. The van der Waals surface area contributed by atoms with Crippen LogP contribution in [0.3, 0.4) is 0 Å². The van der Waals surface area contributed by atoms with Crippen LogP contribution in [0.15, 0.2) is 60.7 Å². The summed E-state index contributed by atoms with van der Waals surface area (Å²) in [7, 11) is 9.10. The molecule has 0 radical (unpaired) electrons. The van der Waals surface area contributed by atoms with Crippen molar-refractivity contribution < 1.29 is 47.5 Å². The molecule has 53 heavy (non-hydrogen) atoms. The quantitative estimate of drug-likeness (QED) is 0.159. The number of carbonyl (C=O) groups is 3. The molecule has 1 aliphatic carbocycles. The number of benzene rings is 3. The summed E-state index contributed by atoms with van der Waals surface area (Å²) in [6.45, 7) is 3.25. The molecule has 1 saturated carbocycles. The molecule has 12 heteroatoms. The first-order valence-electron chi connectivity index (χ1n) is 17.8. The first-order chi connectivity index (χ1) is 25.6. The largest absolute Gasteiger partial charge is 0.497 e. The number of aromatic amines is 1. The van der Waals surface area contributed by atoms with Gasteiger partial charge >= 0.3 is 11.9 Å². The van der Waals surface area contributed by atoms with Crippen molar-refractivity contribution in [1.29, 1.82) is 0 Å². The fourth-order valence-corrected chi connectivity index (χ4v) is 8.43. The van der Waals surface area contributed by atoms with Crippen molar-refractivity contribution in [3.05, 3.63) is 83.0 Å². The standard InChI is InChI=1S/C33H40N2O9.C8H8O/c1-38-19-7-8-20-21-9-10-35-16-18-13-27(44-32(36)17-11-25(39-2)30(41-4)26(12-17)40-3)31(42-5)28(33(37)43-6)22(18)15-24(35)29(21)34-23(20)14-19;1-7(9)8-5-3-2-4-6-8/h7-8,11-12,14,18,22,24,27-28,31,34H,9-10,13,15-16H2,1-6H3;2-6H,1H3/t18-,22+,24-,27-,28+,31+;/m1./s1. The van der Waals surface area contributed by atoms with Crippen LogP contribution in [-0.2, 0) is 25.4 Å². The van der Waals surface area contributed by atoms with E-state index in [9.17, 15) is 14.4 Å². The Morgan fingerprint density at radius 1 is 0.811 bits per heavy atom. The van der Waals surface area contributed by atoms with Crippen LogP contribution in [0.1, 0.15) is 57.8 Å². The third-order valence-electron chi connectivity index (χ3n) is 10.9. The maximum Gasteiger partial charge on any atom is 0.338 e. The monoisotopic (exact) mass is 728 g/mol. The van der Waals surface area contributed by atoms with Gasteiger partial charge in [-0.2, -0.15) is 0 Å². The Hall–Kier alpha value is -5.07. The number of piperidine rings is 1. The second-order valence-electron chi connectivity index (χ2n) is 13.6. The number of H-pyrrole nitrogens is 1. The Kier molecular flexibility index (Phi) is 11.6. The highest BCUT2D eigenvalue weighted by molar-refractivity contribution is 5.94. The number of aromatic nitrogens is 1. The lowest BCUT2D eigenvalue weighted by molar-refractivity contribution is -0.176. The lowest BCUT2D eigenvalue weighted by atomic mass is 9.63. The lowest BCUT2D eigenvalue weighted by Gasteiger charge is -2.52. The Labute approximate surface area is 309 Å². The number of ketones is 1. The third-order valence-corrected chi connectivity index (χ3v) is 10.9. The van der Waals surface area contributed by atoms with Crippen molar-refractivity contribution in [2.75, 3.05) is 55.7 Å². The zero-order valence-electron chi connectivity index (χ0n) is 31.3. The highest BCUT2D eigenvalue weighted by Gasteiger charge is 2.54. The first-order valence-corrected chi connectivity index (χ1v) is 17.8. The van der Waals surface area contributed by atoms with Gasteiger partial charge < -0.3 is 38.1 Å². The average Bonchev–Trinajstić information content (AvgIpc) is 3.57. The van der Waals surface area contributed by atoms with Crippen LogP contribution in [0.2, 0.25) is 0 Å².